The van der Waals surface area contributed by atoms with E-state index < -0.39 is 12.0 Å². The summed E-state index contributed by atoms with van der Waals surface area (Å²) < 4.78 is 12.8. The molecule has 1 unspecified atom stereocenters. The van der Waals surface area contributed by atoms with Gasteiger partial charge in [-0.3, -0.25) is 9.36 Å². The number of aryl methyl sites for hydroxylation is 1. The lowest BCUT2D eigenvalue weighted by Gasteiger charge is -2.24. The molecule has 0 bridgehead atoms. The van der Waals surface area contributed by atoms with Gasteiger partial charge in [0.15, 0.2) is 4.80 Å². The zero-order valence-electron chi connectivity index (χ0n) is 19.6. The first kappa shape index (κ1) is 23.4. The zero-order valence-corrected chi connectivity index (χ0v) is 20.4. The lowest BCUT2D eigenvalue weighted by Crippen LogP contribution is -2.39. The molecule has 0 aliphatic carbocycles. The highest BCUT2D eigenvalue weighted by atomic mass is 32.1. The van der Waals surface area contributed by atoms with Crippen molar-refractivity contribution >= 4 is 29.5 Å². The highest BCUT2D eigenvalue weighted by Gasteiger charge is 2.33. The van der Waals surface area contributed by atoms with Gasteiger partial charge in [-0.25, -0.2) is 9.79 Å². The maximum Gasteiger partial charge on any atom is 0.338 e. The average molecular weight is 475 g/mol. The minimum atomic E-state index is -0.601. The summed E-state index contributed by atoms with van der Waals surface area (Å²) in [5.74, 6) is 0.294. The molecule has 7 heteroatoms. The number of esters is 1. The normalized spacial score (nSPS) is 15.9. The van der Waals surface area contributed by atoms with Gasteiger partial charge in [-0.1, -0.05) is 71.5 Å². The summed E-state index contributed by atoms with van der Waals surface area (Å²) >= 11 is 1.30. The van der Waals surface area contributed by atoms with Crippen LogP contribution in [0, 0.1) is 6.92 Å². The summed E-state index contributed by atoms with van der Waals surface area (Å²) in [6.07, 6.45) is 5.49. The Morgan fingerprint density at radius 3 is 2.59 bits per heavy atom. The second-order valence-corrected chi connectivity index (χ2v) is 8.85. The van der Waals surface area contributed by atoms with E-state index in [4.69, 9.17) is 9.47 Å². The predicted molar refractivity (Wildman–Crippen MR) is 135 cm³/mol. The summed E-state index contributed by atoms with van der Waals surface area (Å²) in [5, 5.41) is 0. The van der Waals surface area contributed by atoms with Gasteiger partial charge in [0, 0.05) is 5.56 Å². The van der Waals surface area contributed by atoms with Gasteiger partial charge >= 0.3 is 5.97 Å². The largest absolute Gasteiger partial charge is 0.496 e. The maximum atomic E-state index is 13.5. The monoisotopic (exact) mass is 474 g/mol. The molecule has 3 aromatic rings. The van der Waals surface area contributed by atoms with Gasteiger partial charge in [-0.2, -0.15) is 0 Å². The van der Waals surface area contributed by atoms with Crippen molar-refractivity contribution in [3.63, 3.8) is 0 Å². The Bertz CT molecular complexity index is 1460. The van der Waals surface area contributed by atoms with E-state index in [-0.39, 0.29) is 12.2 Å². The number of allylic oxidation sites excluding steroid dienone is 2. The third-order valence-electron chi connectivity index (χ3n) is 5.57. The Morgan fingerprint density at radius 2 is 1.88 bits per heavy atom. The molecular formula is C27H26N2O4S. The quantitative estimate of drug-likeness (QED) is 0.510. The van der Waals surface area contributed by atoms with Crippen LogP contribution in [-0.4, -0.2) is 24.3 Å². The summed E-state index contributed by atoms with van der Waals surface area (Å²) in [6, 6.07) is 14.9. The van der Waals surface area contributed by atoms with E-state index in [9.17, 15) is 9.59 Å². The molecule has 4 rings (SSSR count). The van der Waals surface area contributed by atoms with Crippen molar-refractivity contribution in [3.8, 4) is 5.75 Å². The molecule has 174 valence electrons. The van der Waals surface area contributed by atoms with Gasteiger partial charge in [-0.05, 0) is 38.5 Å². The van der Waals surface area contributed by atoms with Crippen molar-refractivity contribution in [1.82, 2.24) is 4.57 Å². The van der Waals surface area contributed by atoms with Crippen LogP contribution in [0.4, 0.5) is 0 Å². The van der Waals surface area contributed by atoms with E-state index in [1.165, 1.54) is 11.3 Å². The van der Waals surface area contributed by atoms with E-state index in [2.05, 4.69) is 4.99 Å². The van der Waals surface area contributed by atoms with Crippen molar-refractivity contribution in [2.75, 3.05) is 13.7 Å². The number of carbonyl (C=O) groups is 1. The number of thiazole rings is 1. The first-order chi connectivity index (χ1) is 16.4. The first-order valence-electron chi connectivity index (χ1n) is 11.0. The average Bonchev–Trinajstić information content (AvgIpc) is 3.14. The van der Waals surface area contributed by atoms with Crippen molar-refractivity contribution in [2.45, 2.75) is 26.8 Å². The second kappa shape index (κ2) is 10.1. The lowest BCUT2D eigenvalue weighted by molar-refractivity contribution is -0.139. The maximum absolute atomic E-state index is 13.5. The number of hydrogen-bond acceptors (Lipinski definition) is 6. The number of aromatic nitrogens is 1. The van der Waals surface area contributed by atoms with Crippen LogP contribution in [0.3, 0.4) is 0 Å². The number of hydrogen-bond donors (Lipinski definition) is 0. The molecule has 2 aromatic carbocycles. The number of nitrogens with zero attached hydrogens (tertiary/aromatic N) is 2. The first-order valence-corrected chi connectivity index (χ1v) is 11.8. The summed E-state index contributed by atoms with van der Waals surface area (Å²) in [4.78, 5) is 31.6. The van der Waals surface area contributed by atoms with Crippen LogP contribution in [-0.2, 0) is 9.53 Å². The number of carbonyl (C=O) groups excluding carboxylic acids is 1. The van der Waals surface area contributed by atoms with Gasteiger partial charge in [0.05, 0.1) is 35.6 Å². The molecule has 0 saturated heterocycles. The summed E-state index contributed by atoms with van der Waals surface area (Å²) in [5.41, 5.74) is 3.58. The molecule has 6 nitrogen and oxygen atoms in total. The van der Waals surface area contributed by atoms with Crippen LogP contribution in [0.15, 0.2) is 75.7 Å². The van der Waals surface area contributed by atoms with E-state index >= 15 is 0 Å². The topological polar surface area (TPSA) is 69.9 Å². The Balaban J connectivity index is 1.84. The molecule has 0 saturated carbocycles. The van der Waals surface area contributed by atoms with Gasteiger partial charge in [0.2, 0.25) is 0 Å². The van der Waals surface area contributed by atoms with Gasteiger partial charge < -0.3 is 9.47 Å². The van der Waals surface area contributed by atoms with E-state index in [1.807, 2.05) is 67.6 Å². The van der Waals surface area contributed by atoms with Crippen LogP contribution >= 0.6 is 11.3 Å². The number of ether oxygens (including phenoxy) is 2. The number of rotatable bonds is 6. The Labute approximate surface area is 201 Å². The van der Waals surface area contributed by atoms with Gasteiger partial charge in [-0.15, -0.1) is 0 Å². The molecule has 0 spiro atoms. The molecule has 0 fully saturated rings. The van der Waals surface area contributed by atoms with Crippen LogP contribution < -0.4 is 19.6 Å². The van der Waals surface area contributed by atoms with Crippen molar-refractivity contribution in [1.29, 1.82) is 0 Å². The fraction of sp³-hybridized carbons (Fsp3) is 0.222. The highest BCUT2D eigenvalue weighted by Crippen LogP contribution is 2.30. The Kier molecular flexibility index (Phi) is 6.93. The SMILES string of the molecule is CCOC(=O)C1=C(C)N=c2sc(=CC=Cc3ccccc3OC)c(=O)n2C1c1ccc(C)cc1. The van der Waals surface area contributed by atoms with Crippen molar-refractivity contribution in [3.05, 3.63) is 102 Å². The summed E-state index contributed by atoms with van der Waals surface area (Å²) in [7, 11) is 1.62. The number of fused-ring (bicyclic) bond motifs is 1. The smallest absolute Gasteiger partial charge is 0.338 e. The molecule has 1 aliphatic heterocycles. The number of methoxy groups -OCH3 is 1. The van der Waals surface area contributed by atoms with E-state index in [1.54, 1.807) is 31.6 Å². The Morgan fingerprint density at radius 1 is 1.15 bits per heavy atom. The fourth-order valence-corrected chi connectivity index (χ4v) is 4.91. The number of benzene rings is 2. The van der Waals surface area contributed by atoms with Crippen LogP contribution in [0.25, 0.3) is 12.2 Å². The highest BCUT2D eigenvalue weighted by molar-refractivity contribution is 7.07. The zero-order chi connectivity index (χ0) is 24.2. The minimum Gasteiger partial charge on any atom is -0.496 e. The minimum absolute atomic E-state index is 0.201. The van der Waals surface area contributed by atoms with E-state index in [0.717, 1.165) is 22.4 Å². The molecule has 0 N–H and O–H groups in total. The van der Waals surface area contributed by atoms with Gasteiger partial charge in [0.25, 0.3) is 5.56 Å². The molecule has 34 heavy (non-hydrogen) atoms. The van der Waals surface area contributed by atoms with Crippen LogP contribution in [0.2, 0.25) is 0 Å². The summed E-state index contributed by atoms with van der Waals surface area (Å²) in [6.45, 7) is 5.79. The molecule has 0 amide bonds. The molecule has 1 aromatic heterocycles. The van der Waals surface area contributed by atoms with Gasteiger partial charge in [0.1, 0.15) is 5.75 Å². The van der Waals surface area contributed by atoms with Crippen molar-refractivity contribution in [2.24, 2.45) is 4.99 Å². The molecule has 1 atom stereocenters. The van der Waals surface area contributed by atoms with Crippen LogP contribution in [0.5, 0.6) is 5.75 Å². The second-order valence-electron chi connectivity index (χ2n) is 7.84. The third-order valence-corrected chi connectivity index (χ3v) is 6.57. The standard InChI is InChI=1S/C27H26N2O4S/c1-5-33-26(31)23-18(3)28-27-29(24(23)20-15-13-17(2)14-16-20)25(30)22(34-27)12-8-10-19-9-6-7-11-21(19)32-4/h6-16,24H,5H2,1-4H3. The van der Waals surface area contributed by atoms with E-state index in [0.29, 0.717) is 20.6 Å². The van der Waals surface area contributed by atoms with Crippen LogP contribution in [0.1, 0.15) is 36.6 Å². The lowest BCUT2D eigenvalue weighted by atomic mass is 9.95. The third kappa shape index (κ3) is 4.52. The molecular weight excluding hydrogens is 448 g/mol. The Hall–Kier alpha value is -3.71. The number of para-hydroxylation sites is 1. The molecule has 2 heterocycles. The molecule has 0 radical (unpaired) electrons. The fourth-order valence-electron chi connectivity index (χ4n) is 3.91. The predicted octanol–water partition coefficient (Wildman–Crippen LogP) is 3.78. The molecule has 1 aliphatic rings. The van der Waals surface area contributed by atoms with Crippen molar-refractivity contribution < 1.29 is 14.3 Å².